The third-order valence-corrected chi connectivity index (χ3v) is 8.35. The number of anilines is 3. The largest absolute Gasteiger partial charge is 0.343 e. The lowest BCUT2D eigenvalue weighted by molar-refractivity contribution is 1.02. The highest BCUT2D eigenvalue weighted by molar-refractivity contribution is 6.22. The van der Waals surface area contributed by atoms with Gasteiger partial charge in [-0.1, -0.05) is 109 Å². The van der Waals surface area contributed by atoms with E-state index in [1.807, 2.05) is 0 Å². The summed E-state index contributed by atoms with van der Waals surface area (Å²) in [6, 6.07) is 54.7. The summed E-state index contributed by atoms with van der Waals surface area (Å²) in [7, 11) is 2.19. The van der Waals surface area contributed by atoms with Gasteiger partial charge in [0, 0.05) is 46.0 Å². The van der Waals surface area contributed by atoms with Crippen molar-refractivity contribution in [2.24, 2.45) is 7.05 Å². The van der Waals surface area contributed by atoms with Crippen molar-refractivity contribution in [1.29, 1.82) is 0 Å². The molecule has 0 N–H and O–H groups in total. The van der Waals surface area contributed by atoms with Gasteiger partial charge in [0.2, 0.25) is 0 Å². The van der Waals surface area contributed by atoms with Crippen LogP contribution in [-0.2, 0) is 7.05 Å². The molecule has 0 unspecified atom stereocenters. The van der Waals surface area contributed by atoms with E-state index in [0.29, 0.717) is 0 Å². The highest BCUT2D eigenvalue weighted by Gasteiger charge is 2.17. The van der Waals surface area contributed by atoms with Crippen molar-refractivity contribution < 1.29 is 0 Å². The fourth-order valence-electron chi connectivity index (χ4n) is 6.41. The predicted octanol–water partition coefficient (Wildman–Crippen LogP) is 10.8. The maximum atomic E-state index is 2.35. The van der Waals surface area contributed by atoms with Gasteiger partial charge in [-0.25, -0.2) is 0 Å². The van der Waals surface area contributed by atoms with Gasteiger partial charge in [-0.3, -0.25) is 0 Å². The molecule has 0 atom stereocenters. The number of aromatic nitrogens is 1. The first-order chi connectivity index (χ1) is 20.3. The zero-order valence-corrected chi connectivity index (χ0v) is 22.8. The van der Waals surface area contributed by atoms with Crippen molar-refractivity contribution in [3.05, 3.63) is 152 Å². The summed E-state index contributed by atoms with van der Waals surface area (Å²) in [5.41, 5.74) is 8.39. The van der Waals surface area contributed by atoms with Crippen LogP contribution < -0.4 is 4.90 Å². The Morgan fingerprint density at radius 2 is 1.10 bits per heavy atom. The molecule has 7 aromatic carbocycles. The van der Waals surface area contributed by atoms with Gasteiger partial charge in [-0.2, -0.15) is 0 Å². The standard InChI is InChI=1S/C39H28N2/c1-40-37-25-21-28-11-7-8-15-34(28)38(37)36-17-9-16-35(39(36)40)29-19-22-32(23-20-29)41(31-13-3-2-4-14-31)33-24-18-27-10-5-6-12-30(27)26-33/h2-26H,1H3. The van der Waals surface area contributed by atoms with Gasteiger partial charge < -0.3 is 9.47 Å². The number of nitrogens with zero attached hydrogens (tertiary/aromatic N) is 2. The highest BCUT2D eigenvalue weighted by Crippen LogP contribution is 2.40. The summed E-state index contributed by atoms with van der Waals surface area (Å²) in [4.78, 5) is 2.33. The first-order valence-corrected chi connectivity index (χ1v) is 14.1. The molecule has 194 valence electrons. The van der Waals surface area contributed by atoms with Crippen LogP contribution in [0, 0.1) is 0 Å². The molecular formula is C39H28N2. The summed E-state index contributed by atoms with van der Waals surface area (Å²) in [6.07, 6.45) is 0. The lowest BCUT2D eigenvalue weighted by atomic mass is 9.99. The minimum Gasteiger partial charge on any atom is -0.343 e. The van der Waals surface area contributed by atoms with E-state index >= 15 is 0 Å². The molecule has 1 aromatic heterocycles. The topological polar surface area (TPSA) is 8.17 Å². The molecule has 0 aliphatic heterocycles. The summed E-state index contributed by atoms with van der Waals surface area (Å²) < 4.78 is 2.35. The molecule has 8 aromatic rings. The molecule has 0 fully saturated rings. The van der Waals surface area contributed by atoms with E-state index < -0.39 is 0 Å². The molecule has 1 heterocycles. The summed E-state index contributed by atoms with van der Waals surface area (Å²) in [5, 5.41) is 7.68. The zero-order chi connectivity index (χ0) is 27.3. The fourth-order valence-corrected chi connectivity index (χ4v) is 6.41. The van der Waals surface area contributed by atoms with Crippen LogP contribution in [0.5, 0.6) is 0 Å². The maximum Gasteiger partial charge on any atom is 0.0568 e. The van der Waals surface area contributed by atoms with E-state index in [1.165, 1.54) is 54.5 Å². The van der Waals surface area contributed by atoms with Crippen molar-refractivity contribution in [3.63, 3.8) is 0 Å². The third kappa shape index (κ3) is 3.80. The van der Waals surface area contributed by atoms with Gasteiger partial charge in [0.15, 0.2) is 0 Å². The van der Waals surface area contributed by atoms with Gasteiger partial charge in [-0.15, -0.1) is 0 Å². The first-order valence-electron chi connectivity index (χ1n) is 14.1. The van der Waals surface area contributed by atoms with Crippen LogP contribution >= 0.6 is 0 Å². The Balaban J connectivity index is 1.28. The van der Waals surface area contributed by atoms with Gasteiger partial charge in [-0.05, 0) is 69.6 Å². The molecule has 0 aliphatic rings. The number of benzene rings is 7. The Bertz CT molecular complexity index is 2210. The second kappa shape index (κ2) is 9.39. The van der Waals surface area contributed by atoms with Crippen LogP contribution in [0.15, 0.2) is 152 Å². The van der Waals surface area contributed by atoms with E-state index in [4.69, 9.17) is 0 Å². The van der Waals surface area contributed by atoms with Gasteiger partial charge >= 0.3 is 0 Å². The molecule has 41 heavy (non-hydrogen) atoms. The molecule has 0 radical (unpaired) electrons. The molecule has 0 saturated carbocycles. The van der Waals surface area contributed by atoms with E-state index in [1.54, 1.807) is 0 Å². The molecule has 8 rings (SSSR count). The number of aryl methyl sites for hydroxylation is 1. The molecule has 0 spiro atoms. The average Bonchev–Trinajstić information content (AvgIpc) is 3.34. The summed E-state index contributed by atoms with van der Waals surface area (Å²) >= 11 is 0. The quantitative estimate of drug-likeness (QED) is 0.222. The zero-order valence-electron chi connectivity index (χ0n) is 22.8. The van der Waals surface area contributed by atoms with Crippen molar-refractivity contribution >= 4 is 60.4 Å². The predicted molar refractivity (Wildman–Crippen MR) is 176 cm³/mol. The molecule has 0 amide bonds. The van der Waals surface area contributed by atoms with Crippen molar-refractivity contribution in [1.82, 2.24) is 4.57 Å². The van der Waals surface area contributed by atoms with Crippen molar-refractivity contribution in [3.8, 4) is 11.1 Å². The fraction of sp³-hybridized carbons (Fsp3) is 0.0256. The van der Waals surface area contributed by atoms with Crippen LogP contribution in [0.25, 0.3) is 54.5 Å². The van der Waals surface area contributed by atoms with E-state index in [2.05, 4.69) is 168 Å². The molecular weight excluding hydrogens is 496 g/mol. The van der Waals surface area contributed by atoms with Crippen LogP contribution in [0.1, 0.15) is 0 Å². The minimum absolute atomic E-state index is 1.13. The van der Waals surface area contributed by atoms with Crippen LogP contribution in [-0.4, -0.2) is 4.57 Å². The molecule has 0 saturated heterocycles. The normalized spacial score (nSPS) is 11.5. The second-order valence-corrected chi connectivity index (χ2v) is 10.7. The molecule has 0 bridgehead atoms. The Labute approximate surface area is 239 Å². The van der Waals surface area contributed by atoms with Crippen molar-refractivity contribution in [2.45, 2.75) is 0 Å². The lowest BCUT2D eigenvalue weighted by Crippen LogP contribution is -2.09. The van der Waals surface area contributed by atoms with E-state index in [0.717, 1.165) is 17.1 Å². The first kappa shape index (κ1) is 23.5. The van der Waals surface area contributed by atoms with E-state index in [-0.39, 0.29) is 0 Å². The SMILES string of the molecule is Cn1c2ccc3ccccc3c2c2cccc(-c3ccc(N(c4ccccc4)c4ccc5ccccc5c4)cc3)c21. The average molecular weight is 525 g/mol. The molecule has 2 heteroatoms. The minimum atomic E-state index is 1.13. The number of fused-ring (bicyclic) bond motifs is 6. The third-order valence-electron chi connectivity index (χ3n) is 8.35. The number of rotatable bonds is 4. The van der Waals surface area contributed by atoms with Crippen LogP contribution in [0.2, 0.25) is 0 Å². The highest BCUT2D eigenvalue weighted by atomic mass is 15.1. The van der Waals surface area contributed by atoms with Crippen molar-refractivity contribution in [2.75, 3.05) is 4.90 Å². The van der Waals surface area contributed by atoms with Crippen LogP contribution in [0.3, 0.4) is 0 Å². The van der Waals surface area contributed by atoms with Crippen LogP contribution in [0.4, 0.5) is 17.1 Å². The number of hydrogen-bond donors (Lipinski definition) is 0. The Hall–Kier alpha value is -5.34. The lowest BCUT2D eigenvalue weighted by Gasteiger charge is -2.26. The van der Waals surface area contributed by atoms with E-state index in [9.17, 15) is 0 Å². The smallest absolute Gasteiger partial charge is 0.0568 e. The summed E-state index contributed by atoms with van der Waals surface area (Å²) in [6.45, 7) is 0. The number of para-hydroxylation sites is 2. The number of hydrogen-bond acceptors (Lipinski definition) is 1. The molecule has 2 nitrogen and oxygen atoms in total. The molecule has 0 aliphatic carbocycles. The monoisotopic (exact) mass is 524 g/mol. The Kier molecular flexibility index (Phi) is 5.39. The van der Waals surface area contributed by atoms with Gasteiger partial charge in [0.1, 0.15) is 0 Å². The van der Waals surface area contributed by atoms with Gasteiger partial charge in [0.25, 0.3) is 0 Å². The Morgan fingerprint density at radius 1 is 0.463 bits per heavy atom. The second-order valence-electron chi connectivity index (χ2n) is 10.7. The Morgan fingerprint density at radius 3 is 1.93 bits per heavy atom. The van der Waals surface area contributed by atoms with Gasteiger partial charge in [0.05, 0.1) is 5.52 Å². The summed E-state index contributed by atoms with van der Waals surface area (Å²) in [5.74, 6) is 0. The maximum absolute atomic E-state index is 2.35.